The Morgan fingerprint density at radius 3 is 2.70 bits per heavy atom. The molecule has 0 saturated carbocycles. The van der Waals surface area contributed by atoms with Gasteiger partial charge < -0.3 is 15.8 Å². The van der Waals surface area contributed by atoms with Gasteiger partial charge in [-0.3, -0.25) is 4.79 Å². The third-order valence-electron chi connectivity index (χ3n) is 2.49. The topological polar surface area (TPSA) is 64.3 Å². The van der Waals surface area contributed by atoms with Crippen molar-refractivity contribution in [2.24, 2.45) is 0 Å². The van der Waals surface area contributed by atoms with Crippen LogP contribution in [0.25, 0.3) is 0 Å². The van der Waals surface area contributed by atoms with Gasteiger partial charge in [-0.15, -0.1) is 0 Å². The van der Waals surface area contributed by atoms with E-state index in [9.17, 15) is 4.79 Å². The number of anilines is 2. The molecular formula is C14H12Cl2N2O2. The SMILES string of the molecule is Nc1ccccc1NC(=O)COc1cc(Cl)ccc1Cl. The highest BCUT2D eigenvalue weighted by Crippen LogP contribution is 2.27. The van der Waals surface area contributed by atoms with E-state index >= 15 is 0 Å². The lowest BCUT2D eigenvalue weighted by atomic mass is 10.3. The smallest absolute Gasteiger partial charge is 0.262 e. The van der Waals surface area contributed by atoms with Crippen LogP contribution in [0.5, 0.6) is 5.75 Å². The first-order valence-corrected chi connectivity index (χ1v) is 6.54. The number of rotatable bonds is 4. The van der Waals surface area contributed by atoms with Gasteiger partial charge in [0.25, 0.3) is 5.91 Å². The zero-order valence-electron chi connectivity index (χ0n) is 10.4. The lowest BCUT2D eigenvalue weighted by Gasteiger charge is -2.10. The summed E-state index contributed by atoms with van der Waals surface area (Å²) >= 11 is 11.8. The summed E-state index contributed by atoms with van der Waals surface area (Å²) < 4.78 is 5.32. The van der Waals surface area contributed by atoms with Crippen molar-refractivity contribution in [3.8, 4) is 5.75 Å². The summed E-state index contributed by atoms with van der Waals surface area (Å²) in [7, 11) is 0. The van der Waals surface area contributed by atoms with Crippen LogP contribution in [0.4, 0.5) is 11.4 Å². The van der Waals surface area contributed by atoms with Gasteiger partial charge in [0.05, 0.1) is 16.4 Å². The molecule has 0 aliphatic carbocycles. The molecule has 2 aromatic carbocycles. The molecule has 0 radical (unpaired) electrons. The number of nitrogens with one attached hydrogen (secondary N) is 1. The predicted molar refractivity (Wildman–Crippen MR) is 81.4 cm³/mol. The normalized spacial score (nSPS) is 10.1. The maximum absolute atomic E-state index is 11.8. The molecule has 20 heavy (non-hydrogen) atoms. The number of halogens is 2. The van der Waals surface area contributed by atoms with Crippen molar-refractivity contribution in [1.82, 2.24) is 0 Å². The third-order valence-corrected chi connectivity index (χ3v) is 3.03. The average molecular weight is 311 g/mol. The molecule has 0 aliphatic rings. The summed E-state index contributed by atoms with van der Waals surface area (Å²) in [6.45, 7) is -0.186. The van der Waals surface area contributed by atoms with Crippen molar-refractivity contribution in [3.05, 3.63) is 52.5 Å². The Bertz CT molecular complexity index is 632. The first kappa shape index (κ1) is 14.5. The monoisotopic (exact) mass is 310 g/mol. The maximum atomic E-state index is 11.8. The van der Waals surface area contributed by atoms with Crippen LogP contribution in [-0.2, 0) is 4.79 Å². The molecule has 2 rings (SSSR count). The molecule has 0 aliphatic heterocycles. The van der Waals surface area contributed by atoms with E-state index < -0.39 is 0 Å². The second kappa shape index (κ2) is 6.50. The minimum atomic E-state index is -0.334. The number of nitrogen functional groups attached to an aromatic ring is 1. The highest BCUT2D eigenvalue weighted by atomic mass is 35.5. The fourth-order valence-electron chi connectivity index (χ4n) is 1.53. The van der Waals surface area contributed by atoms with Gasteiger partial charge in [0, 0.05) is 11.1 Å². The lowest BCUT2D eigenvalue weighted by Crippen LogP contribution is -2.20. The Labute approximate surface area is 126 Å². The molecule has 0 aromatic heterocycles. The van der Waals surface area contributed by atoms with Crippen LogP contribution < -0.4 is 15.8 Å². The standard InChI is InChI=1S/C14H12Cl2N2O2/c15-9-5-6-10(16)13(7-9)20-8-14(19)18-12-4-2-1-3-11(12)17/h1-7H,8,17H2,(H,18,19). The van der Waals surface area contributed by atoms with Gasteiger partial charge in [-0.2, -0.15) is 0 Å². The number of nitrogens with two attached hydrogens (primary N) is 1. The number of carbonyl (C=O) groups is 1. The Morgan fingerprint density at radius 2 is 1.95 bits per heavy atom. The lowest BCUT2D eigenvalue weighted by molar-refractivity contribution is -0.118. The van der Waals surface area contributed by atoms with Crippen molar-refractivity contribution in [3.63, 3.8) is 0 Å². The van der Waals surface area contributed by atoms with Crippen LogP contribution in [-0.4, -0.2) is 12.5 Å². The highest BCUT2D eigenvalue weighted by molar-refractivity contribution is 6.34. The zero-order chi connectivity index (χ0) is 14.5. The molecule has 0 bridgehead atoms. The van der Waals surface area contributed by atoms with Gasteiger partial charge in [-0.05, 0) is 24.3 Å². The van der Waals surface area contributed by atoms with Crippen LogP contribution >= 0.6 is 23.2 Å². The molecule has 0 spiro atoms. The number of para-hydroxylation sites is 2. The van der Waals surface area contributed by atoms with Crippen molar-refractivity contribution in [2.75, 3.05) is 17.7 Å². The van der Waals surface area contributed by atoms with E-state index in [1.807, 2.05) is 0 Å². The van der Waals surface area contributed by atoms with Crippen LogP contribution in [0.3, 0.4) is 0 Å². The quantitative estimate of drug-likeness (QED) is 0.848. The number of hydrogen-bond acceptors (Lipinski definition) is 3. The molecule has 3 N–H and O–H groups in total. The van der Waals surface area contributed by atoms with Crippen molar-refractivity contribution in [2.45, 2.75) is 0 Å². The van der Waals surface area contributed by atoms with Gasteiger partial charge in [0.1, 0.15) is 5.75 Å². The molecule has 104 valence electrons. The first-order valence-electron chi connectivity index (χ1n) is 5.78. The number of benzene rings is 2. The fraction of sp³-hybridized carbons (Fsp3) is 0.0714. The first-order chi connectivity index (χ1) is 9.56. The predicted octanol–water partition coefficient (Wildman–Crippen LogP) is 3.59. The van der Waals surface area contributed by atoms with E-state index in [1.54, 1.807) is 42.5 Å². The largest absolute Gasteiger partial charge is 0.482 e. The van der Waals surface area contributed by atoms with Crippen molar-refractivity contribution in [1.29, 1.82) is 0 Å². The van der Waals surface area contributed by atoms with E-state index in [0.717, 1.165) is 0 Å². The van der Waals surface area contributed by atoms with Crippen LogP contribution in [0.15, 0.2) is 42.5 Å². The highest BCUT2D eigenvalue weighted by Gasteiger charge is 2.08. The fourth-order valence-corrected chi connectivity index (χ4v) is 1.86. The van der Waals surface area contributed by atoms with Crippen LogP contribution in [0.2, 0.25) is 10.0 Å². The molecule has 0 atom stereocenters. The van der Waals surface area contributed by atoms with Crippen molar-refractivity contribution >= 4 is 40.5 Å². The van der Waals surface area contributed by atoms with Crippen LogP contribution in [0.1, 0.15) is 0 Å². The summed E-state index contributed by atoms with van der Waals surface area (Å²) in [5.74, 6) is 0.0225. The Hall–Kier alpha value is -1.91. The number of ether oxygens (including phenoxy) is 1. The minimum absolute atomic E-state index is 0.186. The Kier molecular flexibility index (Phi) is 4.71. The van der Waals surface area contributed by atoms with Gasteiger partial charge >= 0.3 is 0 Å². The van der Waals surface area contributed by atoms with E-state index in [1.165, 1.54) is 0 Å². The van der Waals surface area contributed by atoms with Crippen LogP contribution in [0, 0.1) is 0 Å². The molecule has 0 fully saturated rings. The van der Waals surface area contributed by atoms with Gasteiger partial charge in [-0.1, -0.05) is 35.3 Å². The Morgan fingerprint density at radius 1 is 1.20 bits per heavy atom. The minimum Gasteiger partial charge on any atom is -0.482 e. The molecule has 2 aromatic rings. The number of amides is 1. The Balaban J connectivity index is 1.96. The molecule has 0 saturated heterocycles. The van der Waals surface area contributed by atoms with Crippen molar-refractivity contribution < 1.29 is 9.53 Å². The molecule has 0 unspecified atom stereocenters. The van der Waals surface area contributed by atoms with Gasteiger partial charge in [-0.25, -0.2) is 0 Å². The maximum Gasteiger partial charge on any atom is 0.262 e. The molecular weight excluding hydrogens is 299 g/mol. The van der Waals surface area contributed by atoms with E-state index in [-0.39, 0.29) is 12.5 Å². The number of carbonyl (C=O) groups excluding carboxylic acids is 1. The molecule has 0 heterocycles. The summed E-state index contributed by atoms with van der Waals surface area (Å²) in [5, 5.41) is 3.52. The van der Waals surface area contributed by atoms with E-state index in [0.29, 0.717) is 27.2 Å². The average Bonchev–Trinajstić information content (AvgIpc) is 2.42. The van der Waals surface area contributed by atoms with Gasteiger partial charge in [0.2, 0.25) is 0 Å². The van der Waals surface area contributed by atoms with Gasteiger partial charge in [0.15, 0.2) is 6.61 Å². The van der Waals surface area contributed by atoms with E-state index in [2.05, 4.69) is 5.32 Å². The summed E-state index contributed by atoms with van der Waals surface area (Å²) in [6.07, 6.45) is 0. The summed E-state index contributed by atoms with van der Waals surface area (Å²) in [6, 6.07) is 11.8. The van der Waals surface area contributed by atoms with E-state index in [4.69, 9.17) is 33.7 Å². The zero-order valence-corrected chi connectivity index (χ0v) is 11.9. The summed E-state index contributed by atoms with van der Waals surface area (Å²) in [5.41, 5.74) is 6.75. The molecule has 1 amide bonds. The molecule has 4 nitrogen and oxygen atoms in total. The number of hydrogen-bond donors (Lipinski definition) is 2. The second-order valence-corrected chi connectivity index (χ2v) is 4.84. The second-order valence-electron chi connectivity index (χ2n) is 4.00. The summed E-state index contributed by atoms with van der Waals surface area (Å²) in [4.78, 5) is 11.8. The molecule has 6 heteroatoms. The third kappa shape index (κ3) is 3.79.